The Morgan fingerprint density at radius 3 is 1.96 bits per heavy atom. The lowest BCUT2D eigenvalue weighted by molar-refractivity contribution is -0.114. The van der Waals surface area contributed by atoms with E-state index < -0.39 is 10.0 Å². The zero-order valence-electron chi connectivity index (χ0n) is 16.8. The average molecular weight is 389 g/mol. The Bertz CT molecular complexity index is 907. The number of nitrogens with one attached hydrogen (secondary N) is 1. The largest absolute Gasteiger partial charge is 0.324 e. The van der Waals surface area contributed by atoms with Gasteiger partial charge in [0.05, 0.1) is 11.9 Å². The van der Waals surface area contributed by atoms with Gasteiger partial charge in [0.2, 0.25) is 15.9 Å². The summed E-state index contributed by atoms with van der Waals surface area (Å²) < 4.78 is 25.6. The number of amides is 1. The first-order valence-corrected chi connectivity index (χ1v) is 10.7. The fourth-order valence-corrected chi connectivity index (χ4v) is 3.76. The number of benzene rings is 2. The fourth-order valence-electron chi connectivity index (χ4n) is 2.91. The van der Waals surface area contributed by atoms with Gasteiger partial charge in [0, 0.05) is 5.69 Å². The van der Waals surface area contributed by atoms with E-state index in [1.807, 2.05) is 44.2 Å². The number of rotatable bonds is 5. The third-order valence-corrected chi connectivity index (χ3v) is 5.35. The maximum atomic E-state index is 12.5. The molecule has 0 heterocycles. The van der Waals surface area contributed by atoms with E-state index in [-0.39, 0.29) is 17.9 Å². The lowest BCUT2D eigenvalue weighted by atomic mass is 9.87. The molecular formula is C21H28N2O3S. The van der Waals surface area contributed by atoms with Crippen molar-refractivity contribution in [1.29, 1.82) is 0 Å². The first kappa shape index (κ1) is 21.0. The smallest absolute Gasteiger partial charge is 0.245 e. The van der Waals surface area contributed by atoms with Gasteiger partial charge < -0.3 is 5.32 Å². The SMILES string of the molecule is Cc1cc(C)cc(NC(=O)CN(c2ccc(C(C)(C)C)cc2)S(C)(=O)=O)c1. The minimum Gasteiger partial charge on any atom is -0.324 e. The molecule has 146 valence electrons. The first-order chi connectivity index (χ1) is 12.4. The molecule has 0 aromatic heterocycles. The minimum absolute atomic E-state index is 0.0329. The molecule has 6 heteroatoms. The highest BCUT2D eigenvalue weighted by atomic mass is 32.2. The second kappa shape index (κ2) is 7.72. The van der Waals surface area contributed by atoms with Crippen LogP contribution >= 0.6 is 0 Å². The van der Waals surface area contributed by atoms with Gasteiger partial charge in [0.25, 0.3) is 0 Å². The molecule has 27 heavy (non-hydrogen) atoms. The van der Waals surface area contributed by atoms with Gasteiger partial charge in [-0.05, 0) is 60.2 Å². The number of anilines is 2. The third-order valence-electron chi connectivity index (χ3n) is 4.21. The minimum atomic E-state index is -3.60. The quantitative estimate of drug-likeness (QED) is 0.842. The van der Waals surface area contributed by atoms with Crippen LogP contribution in [0.25, 0.3) is 0 Å². The number of hydrogen-bond donors (Lipinski definition) is 1. The Kier molecular flexibility index (Phi) is 6.00. The van der Waals surface area contributed by atoms with Crippen LogP contribution in [0.4, 0.5) is 11.4 Å². The van der Waals surface area contributed by atoms with Crippen LogP contribution in [-0.2, 0) is 20.2 Å². The van der Waals surface area contributed by atoms with E-state index in [2.05, 4.69) is 26.1 Å². The molecule has 1 amide bonds. The molecule has 2 rings (SSSR count). The van der Waals surface area contributed by atoms with Crippen molar-refractivity contribution in [3.63, 3.8) is 0 Å². The van der Waals surface area contributed by atoms with Crippen LogP contribution in [0.2, 0.25) is 0 Å². The second-order valence-corrected chi connectivity index (χ2v) is 9.90. The predicted molar refractivity (Wildman–Crippen MR) is 112 cm³/mol. The monoisotopic (exact) mass is 388 g/mol. The Hall–Kier alpha value is -2.34. The molecule has 0 radical (unpaired) electrons. The van der Waals surface area contributed by atoms with Crippen molar-refractivity contribution in [2.45, 2.75) is 40.0 Å². The van der Waals surface area contributed by atoms with E-state index in [1.54, 1.807) is 12.1 Å². The first-order valence-electron chi connectivity index (χ1n) is 8.83. The molecule has 0 atom stereocenters. The van der Waals surface area contributed by atoms with E-state index in [0.29, 0.717) is 11.4 Å². The number of hydrogen-bond acceptors (Lipinski definition) is 3. The highest BCUT2D eigenvalue weighted by molar-refractivity contribution is 7.92. The summed E-state index contributed by atoms with van der Waals surface area (Å²) in [6.07, 6.45) is 1.11. The number of sulfonamides is 1. The number of aryl methyl sites for hydroxylation is 2. The molecule has 2 aromatic carbocycles. The highest BCUT2D eigenvalue weighted by Gasteiger charge is 2.22. The van der Waals surface area contributed by atoms with Crippen LogP contribution in [0.15, 0.2) is 42.5 Å². The highest BCUT2D eigenvalue weighted by Crippen LogP contribution is 2.26. The summed E-state index contributed by atoms with van der Waals surface area (Å²) in [6, 6.07) is 13.0. The van der Waals surface area contributed by atoms with Gasteiger partial charge in [0.1, 0.15) is 6.54 Å². The molecule has 0 aliphatic heterocycles. The lowest BCUT2D eigenvalue weighted by Gasteiger charge is -2.24. The average Bonchev–Trinajstić information content (AvgIpc) is 2.50. The van der Waals surface area contributed by atoms with E-state index in [0.717, 1.165) is 27.3 Å². The zero-order chi connectivity index (χ0) is 20.4. The summed E-state index contributed by atoms with van der Waals surface area (Å²) in [4.78, 5) is 12.5. The van der Waals surface area contributed by atoms with Crippen LogP contribution < -0.4 is 9.62 Å². The van der Waals surface area contributed by atoms with Gasteiger partial charge in [-0.2, -0.15) is 0 Å². The van der Waals surface area contributed by atoms with Crippen LogP contribution in [0.3, 0.4) is 0 Å². The molecule has 0 saturated heterocycles. The molecule has 0 saturated carbocycles. The van der Waals surface area contributed by atoms with Gasteiger partial charge in [-0.1, -0.05) is 39.0 Å². The Morgan fingerprint density at radius 2 is 1.52 bits per heavy atom. The van der Waals surface area contributed by atoms with Crippen LogP contribution in [0, 0.1) is 13.8 Å². The Morgan fingerprint density at radius 1 is 1.00 bits per heavy atom. The molecule has 0 spiro atoms. The van der Waals surface area contributed by atoms with E-state index in [4.69, 9.17) is 0 Å². The van der Waals surface area contributed by atoms with Crippen molar-refractivity contribution in [3.05, 3.63) is 59.2 Å². The topological polar surface area (TPSA) is 66.5 Å². The molecule has 1 N–H and O–H groups in total. The maximum Gasteiger partial charge on any atom is 0.245 e. The van der Waals surface area contributed by atoms with Crippen LogP contribution in [0.5, 0.6) is 0 Å². The summed E-state index contributed by atoms with van der Waals surface area (Å²) in [6.45, 7) is 9.89. The molecule has 0 fully saturated rings. The summed E-state index contributed by atoms with van der Waals surface area (Å²) in [5.74, 6) is -0.384. The molecule has 2 aromatic rings. The van der Waals surface area contributed by atoms with Crippen LogP contribution in [0.1, 0.15) is 37.5 Å². The van der Waals surface area contributed by atoms with Crippen molar-refractivity contribution in [1.82, 2.24) is 0 Å². The van der Waals surface area contributed by atoms with Gasteiger partial charge >= 0.3 is 0 Å². The standard InChI is InChI=1S/C21H28N2O3S/c1-15-11-16(2)13-18(12-15)22-20(24)14-23(27(6,25)26)19-9-7-17(8-10-19)21(3,4)5/h7-13H,14H2,1-6H3,(H,22,24). The number of carbonyl (C=O) groups is 1. The zero-order valence-corrected chi connectivity index (χ0v) is 17.6. The van der Waals surface area contributed by atoms with Gasteiger partial charge in [0.15, 0.2) is 0 Å². The predicted octanol–water partition coefficient (Wildman–Crippen LogP) is 4.01. The Labute approximate surface area is 162 Å². The number of carbonyl (C=O) groups excluding carboxylic acids is 1. The van der Waals surface area contributed by atoms with Crippen molar-refractivity contribution < 1.29 is 13.2 Å². The summed E-state index contributed by atoms with van der Waals surface area (Å²) in [5, 5.41) is 2.79. The van der Waals surface area contributed by atoms with E-state index >= 15 is 0 Å². The summed E-state index contributed by atoms with van der Waals surface area (Å²) in [7, 11) is -3.60. The molecular weight excluding hydrogens is 360 g/mol. The van der Waals surface area contributed by atoms with Crippen LogP contribution in [-0.4, -0.2) is 27.1 Å². The van der Waals surface area contributed by atoms with Crippen molar-refractivity contribution >= 4 is 27.3 Å². The normalized spacial score (nSPS) is 11.9. The van der Waals surface area contributed by atoms with Gasteiger partial charge in [-0.25, -0.2) is 8.42 Å². The molecule has 0 unspecified atom stereocenters. The van der Waals surface area contributed by atoms with Gasteiger partial charge in [-0.3, -0.25) is 9.10 Å². The summed E-state index contributed by atoms with van der Waals surface area (Å²) in [5.41, 5.74) is 4.26. The molecule has 0 aliphatic rings. The summed E-state index contributed by atoms with van der Waals surface area (Å²) >= 11 is 0. The molecule has 0 aliphatic carbocycles. The van der Waals surface area contributed by atoms with Gasteiger partial charge in [-0.15, -0.1) is 0 Å². The maximum absolute atomic E-state index is 12.5. The van der Waals surface area contributed by atoms with Crippen molar-refractivity contribution in [2.24, 2.45) is 0 Å². The third kappa shape index (κ3) is 5.82. The second-order valence-electron chi connectivity index (χ2n) is 7.99. The van der Waals surface area contributed by atoms with E-state index in [9.17, 15) is 13.2 Å². The van der Waals surface area contributed by atoms with Crippen molar-refractivity contribution in [3.8, 4) is 0 Å². The van der Waals surface area contributed by atoms with E-state index in [1.165, 1.54) is 0 Å². The Balaban J connectivity index is 2.23. The lowest BCUT2D eigenvalue weighted by Crippen LogP contribution is -2.37. The number of nitrogens with zero attached hydrogens (tertiary/aromatic N) is 1. The van der Waals surface area contributed by atoms with Crippen molar-refractivity contribution in [2.75, 3.05) is 22.4 Å². The molecule has 0 bridgehead atoms. The fraction of sp³-hybridized carbons (Fsp3) is 0.381. The molecule has 5 nitrogen and oxygen atoms in total.